The Bertz CT molecular complexity index is 802. The maximum atomic E-state index is 12.3. The molecule has 1 aromatic heterocycles. The van der Waals surface area contributed by atoms with Gasteiger partial charge in [0.25, 0.3) is 0 Å². The Balaban J connectivity index is 1.78. The van der Waals surface area contributed by atoms with Gasteiger partial charge in [0.15, 0.2) is 0 Å². The minimum atomic E-state index is -2.93. The molecule has 0 fully saturated rings. The largest absolute Gasteiger partial charge is 0.434 e. The second-order valence-electron chi connectivity index (χ2n) is 5.01. The lowest BCUT2D eigenvalue weighted by atomic mass is 10.2. The van der Waals surface area contributed by atoms with Crippen molar-refractivity contribution in [1.29, 1.82) is 5.26 Å². The molecule has 0 saturated heterocycles. The summed E-state index contributed by atoms with van der Waals surface area (Å²) in [5.41, 5.74) is 0.841. The lowest BCUT2D eigenvalue weighted by Crippen LogP contribution is -2.27. The van der Waals surface area contributed by atoms with Crippen molar-refractivity contribution in [3.8, 4) is 11.8 Å². The first-order chi connectivity index (χ1) is 12.6. The number of pyridine rings is 1. The Morgan fingerprint density at radius 1 is 1.27 bits per heavy atom. The number of anilines is 1. The van der Waals surface area contributed by atoms with Crippen LogP contribution in [0.4, 0.5) is 14.6 Å². The van der Waals surface area contributed by atoms with Crippen molar-refractivity contribution >= 4 is 17.8 Å². The van der Waals surface area contributed by atoms with E-state index in [-0.39, 0.29) is 11.7 Å². The van der Waals surface area contributed by atoms with E-state index in [1.807, 2.05) is 6.07 Å². The fraction of sp³-hybridized carbons (Fsp3) is 0.167. The minimum Gasteiger partial charge on any atom is -0.434 e. The fourth-order valence-electron chi connectivity index (χ4n) is 1.99. The summed E-state index contributed by atoms with van der Waals surface area (Å²) in [6.07, 6.45) is 4.10. The lowest BCUT2D eigenvalue weighted by Gasteiger charge is -2.07. The Morgan fingerprint density at radius 2 is 2.08 bits per heavy atom. The number of benzene rings is 1. The van der Waals surface area contributed by atoms with Gasteiger partial charge in [0.2, 0.25) is 5.91 Å². The van der Waals surface area contributed by atoms with E-state index < -0.39 is 6.61 Å². The fourth-order valence-corrected chi connectivity index (χ4v) is 1.99. The number of carbonyl (C=O) groups is 1. The number of hydrogen-bond donors (Lipinski definition) is 2. The summed E-state index contributed by atoms with van der Waals surface area (Å²) >= 11 is 0. The van der Waals surface area contributed by atoms with Gasteiger partial charge in [0, 0.05) is 30.9 Å². The first-order valence-corrected chi connectivity index (χ1v) is 7.68. The number of amides is 1. The average molecular weight is 358 g/mol. The highest BCUT2D eigenvalue weighted by Crippen LogP contribution is 2.21. The van der Waals surface area contributed by atoms with Crippen molar-refractivity contribution in [2.24, 2.45) is 0 Å². The first kappa shape index (κ1) is 18.9. The van der Waals surface area contributed by atoms with Crippen molar-refractivity contribution in [1.82, 2.24) is 10.3 Å². The van der Waals surface area contributed by atoms with Crippen LogP contribution in [0.3, 0.4) is 0 Å². The van der Waals surface area contributed by atoms with Gasteiger partial charge in [-0.3, -0.25) is 4.79 Å². The normalized spacial score (nSPS) is 10.5. The summed E-state index contributed by atoms with van der Waals surface area (Å²) in [5.74, 6) is 0.221. The first-order valence-electron chi connectivity index (χ1n) is 7.68. The van der Waals surface area contributed by atoms with Crippen molar-refractivity contribution in [2.45, 2.75) is 6.61 Å². The smallest absolute Gasteiger partial charge is 0.387 e. The molecule has 1 aromatic carbocycles. The van der Waals surface area contributed by atoms with Crippen LogP contribution < -0.4 is 15.4 Å². The highest BCUT2D eigenvalue weighted by atomic mass is 19.3. The zero-order valence-electron chi connectivity index (χ0n) is 13.7. The minimum absolute atomic E-state index is 0.0000991. The van der Waals surface area contributed by atoms with Crippen LogP contribution in [0.25, 0.3) is 6.08 Å². The van der Waals surface area contributed by atoms with Crippen molar-refractivity contribution < 1.29 is 18.3 Å². The van der Waals surface area contributed by atoms with E-state index in [4.69, 9.17) is 5.26 Å². The number of alkyl halides is 2. The van der Waals surface area contributed by atoms with E-state index in [9.17, 15) is 13.6 Å². The second-order valence-corrected chi connectivity index (χ2v) is 5.01. The molecule has 0 atom stereocenters. The second kappa shape index (κ2) is 9.74. The molecule has 0 spiro atoms. The summed E-state index contributed by atoms with van der Waals surface area (Å²) in [6, 6.07) is 11.5. The van der Waals surface area contributed by atoms with Gasteiger partial charge in [-0.2, -0.15) is 14.0 Å². The van der Waals surface area contributed by atoms with Crippen LogP contribution in [0, 0.1) is 11.3 Å². The van der Waals surface area contributed by atoms with Gasteiger partial charge in [-0.15, -0.1) is 0 Å². The molecule has 2 N–H and O–H groups in total. The predicted octanol–water partition coefficient (Wildman–Crippen LogP) is 2.80. The highest BCUT2D eigenvalue weighted by molar-refractivity contribution is 5.92. The zero-order valence-corrected chi connectivity index (χ0v) is 13.7. The predicted molar refractivity (Wildman–Crippen MR) is 92.6 cm³/mol. The monoisotopic (exact) mass is 358 g/mol. The third-order valence-electron chi connectivity index (χ3n) is 3.17. The SMILES string of the molecule is N#Cc1ccc(NCCNC(=O)/C=C/c2ccccc2OC(F)F)nc1. The summed E-state index contributed by atoms with van der Waals surface area (Å²) in [6.45, 7) is -2.16. The number of aromatic nitrogens is 1. The number of nitrogens with zero attached hydrogens (tertiary/aromatic N) is 2. The Labute approximate surface area is 149 Å². The Kier molecular flexibility index (Phi) is 7.06. The van der Waals surface area contributed by atoms with Crippen LogP contribution in [-0.2, 0) is 4.79 Å². The van der Waals surface area contributed by atoms with Gasteiger partial charge in [-0.05, 0) is 24.3 Å². The van der Waals surface area contributed by atoms with Gasteiger partial charge in [-0.1, -0.05) is 18.2 Å². The van der Waals surface area contributed by atoms with E-state index in [2.05, 4.69) is 20.4 Å². The van der Waals surface area contributed by atoms with E-state index in [0.717, 1.165) is 0 Å². The van der Waals surface area contributed by atoms with Gasteiger partial charge < -0.3 is 15.4 Å². The van der Waals surface area contributed by atoms with Gasteiger partial charge in [0.1, 0.15) is 17.6 Å². The number of halogens is 2. The number of hydrogen-bond acceptors (Lipinski definition) is 5. The van der Waals surface area contributed by atoms with Crippen LogP contribution in [0.5, 0.6) is 5.75 Å². The molecule has 1 heterocycles. The van der Waals surface area contributed by atoms with Crippen molar-refractivity contribution in [2.75, 3.05) is 18.4 Å². The topological polar surface area (TPSA) is 87.0 Å². The number of nitrogens with one attached hydrogen (secondary N) is 2. The number of para-hydroxylation sites is 1. The zero-order chi connectivity index (χ0) is 18.8. The molecule has 0 bridgehead atoms. The molecule has 134 valence electrons. The molecule has 1 amide bonds. The van der Waals surface area contributed by atoms with E-state index >= 15 is 0 Å². The van der Waals surface area contributed by atoms with Gasteiger partial charge >= 0.3 is 6.61 Å². The molecule has 2 rings (SSSR count). The molecule has 0 saturated carbocycles. The Morgan fingerprint density at radius 3 is 2.77 bits per heavy atom. The lowest BCUT2D eigenvalue weighted by molar-refractivity contribution is -0.116. The van der Waals surface area contributed by atoms with E-state index in [0.29, 0.717) is 30.0 Å². The van der Waals surface area contributed by atoms with Crippen LogP contribution in [0.15, 0.2) is 48.7 Å². The quantitative estimate of drug-likeness (QED) is 0.560. The molecule has 2 aromatic rings. The summed E-state index contributed by atoms with van der Waals surface area (Å²) in [7, 11) is 0. The van der Waals surface area contributed by atoms with Crippen LogP contribution >= 0.6 is 0 Å². The molecule has 26 heavy (non-hydrogen) atoms. The van der Waals surface area contributed by atoms with Crippen LogP contribution in [0.2, 0.25) is 0 Å². The maximum Gasteiger partial charge on any atom is 0.387 e. The Hall–Kier alpha value is -3.47. The van der Waals surface area contributed by atoms with Crippen molar-refractivity contribution in [3.63, 3.8) is 0 Å². The molecule has 6 nitrogen and oxygen atoms in total. The number of nitriles is 1. The molecule has 0 unspecified atom stereocenters. The maximum absolute atomic E-state index is 12.3. The third-order valence-corrected chi connectivity index (χ3v) is 3.17. The van der Waals surface area contributed by atoms with E-state index in [1.165, 1.54) is 24.4 Å². The highest BCUT2D eigenvalue weighted by Gasteiger charge is 2.07. The molecule has 8 heteroatoms. The summed E-state index contributed by atoms with van der Waals surface area (Å²) in [5, 5.41) is 14.3. The summed E-state index contributed by atoms with van der Waals surface area (Å²) in [4.78, 5) is 15.8. The third kappa shape index (κ3) is 6.20. The van der Waals surface area contributed by atoms with Crippen molar-refractivity contribution in [3.05, 3.63) is 59.8 Å². The van der Waals surface area contributed by atoms with Crippen LogP contribution in [0.1, 0.15) is 11.1 Å². The molecule has 0 aliphatic rings. The van der Waals surface area contributed by atoms with Crippen LogP contribution in [-0.4, -0.2) is 30.6 Å². The molecule has 0 aliphatic heterocycles. The van der Waals surface area contributed by atoms with E-state index in [1.54, 1.807) is 30.3 Å². The molecule has 0 radical (unpaired) electrons. The number of carbonyl (C=O) groups excluding carboxylic acids is 1. The average Bonchev–Trinajstić information content (AvgIpc) is 2.64. The number of rotatable bonds is 8. The molecular formula is C18H16F2N4O2. The standard InChI is InChI=1S/C18H16F2N4O2/c19-18(20)26-15-4-2-1-3-14(15)6-8-17(25)23-10-9-22-16-7-5-13(11-21)12-24-16/h1-8,12,18H,9-10H2,(H,22,24)(H,23,25)/b8-6+. The molecular weight excluding hydrogens is 342 g/mol. The number of ether oxygens (including phenoxy) is 1. The summed E-state index contributed by atoms with van der Waals surface area (Å²) < 4.78 is 29.1. The molecule has 0 aliphatic carbocycles. The van der Waals surface area contributed by atoms with Gasteiger partial charge in [0.05, 0.1) is 5.56 Å². The van der Waals surface area contributed by atoms with Gasteiger partial charge in [-0.25, -0.2) is 4.98 Å².